The summed E-state index contributed by atoms with van der Waals surface area (Å²) >= 11 is 0. The summed E-state index contributed by atoms with van der Waals surface area (Å²) in [6.07, 6.45) is 4.95. The van der Waals surface area contributed by atoms with Crippen LogP contribution in [0.5, 0.6) is 0 Å². The molecule has 2 nitrogen and oxygen atoms in total. The lowest BCUT2D eigenvalue weighted by Gasteiger charge is -2.09. The van der Waals surface area contributed by atoms with Gasteiger partial charge in [0.25, 0.3) is 0 Å². The Hall–Kier alpha value is -0.340. The number of hydrogen-bond acceptors (Lipinski definition) is 2. The van der Waals surface area contributed by atoms with Gasteiger partial charge in [0, 0.05) is 13.7 Å². The summed E-state index contributed by atoms with van der Waals surface area (Å²) in [5.74, 6) is 0. The lowest BCUT2D eigenvalue weighted by atomic mass is 10.2. The molecule has 1 aliphatic heterocycles. The van der Waals surface area contributed by atoms with E-state index in [1.54, 1.807) is 5.57 Å². The van der Waals surface area contributed by atoms with Crippen LogP contribution in [0.4, 0.5) is 0 Å². The van der Waals surface area contributed by atoms with Crippen molar-refractivity contribution in [3.05, 3.63) is 11.6 Å². The fourth-order valence-electron chi connectivity index (χ4n) is 1.13. The summed E-state index contributed by atoms with van der Waals surface area (Å²) < 4.78 is 0. The lowest BCUT2D eigenvalue weighted by molar-refractivity contribution is 0.372. The van der Waals surface area contributed by atoms with Crippen LogP contribution in [-0.4, -0.2) is 37.3 Å². The van der Waals surface area contributed by atoms with E-state index < -0.39 is 0 Å². The summed E-state index contributed by atoms with van der Waals surface area (Å²) in [6.45, 7) is 4.62. The van der Waals surface area contributed by atoms with Gasteiger partial charge in [-0.1, -0.05) is 11.6 Å². The van der Waals surface area contributed by atoms with Gasteiger partial charge in [0.15, 0.2) is 0 Å². The Balaban J connectivity index is 0.000000461. The minimum Gasteiger partial charge on any atom is -0.400 e. The number of allylic oxidation sites excluding steroid dienone is 1. The van der Waals surface area contributed by atoms with E-state index in [2.05, 4.69) is 24.9 Å². The first-order valence-corrected chi connectivity index (χ1v) is 4.08. The molecule has 0 fully saturated rings. The molecule has 0 aromatic carbocycles. The molecule has 1 heterocycles. The molecule has 0 aromatic rings. The van der Waals surface area contributed by atoms with Crippen molar-refractivity contribution in [1.82, 2.24) is 4.90 Å². The highest BCUT2D eigenvalue weighted by Crippen LogP contribution is 2.08. The highest BCUT2D eigenvalue weighted by Gasteiger charge is 2.00. The minimum atomic E-state index is 1.00. The molecule has 0 spiro atoms. The fourth-order valence-corrected chi connectivity index (χ4v) is 1.13. The summed E-state index contributed by atoms with van der Waals surface area (Å²) in [5, 5.41) is 7.00. The third kappa shape index (κ3) is 4.99. The van der Waals surface area contributed by atoms with Crippen molar-refractivity contribution in [2.24, 2.45) is 0 Å². The van der Waals surface area contributed by atoms with Gasteiger partial charge in [-0.15, -0.1) is 0 Å². The Morgan fingerprint density at radius 2 is 2.09 bits per heavy atom. The van der Waals surface area contributed by atoms with E-state index in [1.807, 2.05) is 0 Å². The first kappa shape index (κ1) is 10.7. The first-order valence-electron chi connectivity index (χ1n) is 4.08. The number of hydrogen-bond donors (Lipinski definition) is 1. The lowest BCUT2D eigenvalue weighted by Crippen LogP contribution is -2.17. The van der Waals surface area contributed by atoms with Crippen molar-refractivity contribution < 1.29 is 5.11 Å². The zero-order valence-electron chi connectivity index (χ0n) is 7.80. The quantitative estimate of drug-likeness (QED) is 0.535. The second kappa shape index (κ2) is 6.38. The SMILES string of the molecule is CC1=CCN(C)CCC1.CO. The third-order valence-corrected chi connectivity index (χ3v) is 1.86. The van der Waals surface area contributed by atoms with Crippen LogP contribution in [-0.2, 0) is 0 Å². The molecular formula is C9H19NO. The van der Waals surface area contributed by atoms with Crippen LogP contribution >= 0.6 is 0 Å². The molecule has 1 rings (SSSR count). The predicted octanol–water partition coefficient (Wildman–Crippen LogP) is 1.27. The van der Waals surface area contributed by atoms with Crippen molar-refractivity contribution in [2.75, 3.05) is 27.2 Å². The molecule has 0 unspecified atom stereocenters. The first-order chi connectivity index (χ1) is 5.29. The molecule has 1 aliphatic rings. The molecule has 1 N–H and O–H groups in total. The molecule has 2 heteroatoms. The summed E-state index contributed by atoms with van der Waals surface area (Å²) in [5.41, 5.74) is 1.55. The fraction of sp³-hybridized carbons (Fsp3) is 0.778. The molecule has 66 valence electrons. The topological polar surface area (TPSA) is 23.5 Å². The van der Waals surface area contributed by atoms with Crippen LogP contribution in [0.2, 0.25) is 0 Å². The maximum Gasteiger partial charge on any atom is 0.0319 e. The van der Waals surface area contributed by atoms with Crippen LogP contribution in [0.15, 0.2) is 11.6 Å². The molecule has 0 aliphatic carbocycles. The summed E-state index contributed by atoms with van der Waals surface area (Å²) in [7, 11) is 3.18. The monoisotopic (exact) mass is 157 g/mol. The van der Waals surface area contributed by atoms with Gasteiger partial charge < -0.3 is 10.0 Å². The van der Waals surface area contributed by atoms with Crippen LogP contribution in [0.25, 0.3) is 0 Å². The van der Waals surface area contributed by atoms with Gasteiger partial charge in [-0.05, 0) is 33.4 Å². The molecule has 0 amide bonds. The molecule has 11 heavy (non-hydrogen) atoms. The highest BCUT2D eigenvalue weighted by atomic mass is 16.2. The largest absolute Gasteiger partial charge is 0.400 e. The van der Waals surface area contributed by atoms with E-state index in [9.17, 15) is 0 Å². The van der Waals surface area contributed by atoms with Gasteiger partial charge in [0.1, 0.15) is 0 Å². The van der Waals surface area contributed by atoms with Crippen molar-refractivity contribution in [1.29, 1.82) is 0 Å². The van der Waals surface area contributed by atoms with E-state index in [-0.39, 0.29) is 0 Å². The van der Waals surface area contributed by atoms with Crippen molar-refractivity contribution in [3.8, 4) is 0 Å². The Morgan fingerprint density at radius 3 is 2.73 bits per heavy atom. The van der Waals surface area contributed by atoms with E-state index in [0.717, 1.165) is 13.7 Å². The zero-order valence-corrected chi connectivity index (χ0v) is 7.80. The molecule has 0 saturated heterocycles. The van der Waals surface area contributed by atoms with Crippen molar-refractivity contribution in [2.45, 2.75) is 19.8 Å². The summed E-state index contributed by atoms with van der Waals surface area (Å²) in [4.78, 5) is 2.36. The average molecular weight is 157 g/mol. The van der Waals surface area contributed by atoms with Gasteiger partial charge in [-0.3, -0.25) is 0 Å². The van der Waals surface area contributed by atoms with Gasteiger partial charge >= 0.3 is 0 Å². The number of nitrogens with zero attached hydrogens (tertiary/aromatic N) is 1. The van der Waals surface area contributed by atoms with Crippen LogP contribution in [0, 0.1) is 0 Å². The third-order valence-electron chi connectivity index (χ3n) is 1.86. The smallest absolute Gasteiger partial charge is 0.0319 e. The maximum atomic E-state index is 7.00. The van der Waals surface area contributed by atoms with E-state index >= 15 is 0 Å². The molecule has 0 aromatic heterocycles. The van der Waals surface area contributed by atoms with Crippen LogP contribution in [0.1, 0.15) is 19.8 Å². The Kier molecular flexibility index (Phi) is 6.18. The average Bonchev–Trinajstić information content (AvgIpc) is 2.20. The molecule has 0 atom stereocenters. The Morgan fingerprint density at radius 1 is 1.45 bits per heavy atom. The standard InChI is InChI=1S/C8H15N.CH4O/c1-8-4-3-6-9(2)7-5-8;1-2/h5H,3-4,6-7H2,1-2H3;2H,1H3. The van der Waals surface area contributed by atoms with Crippen LogP contribution < -0.4 is 0 Å². The minimum absolute atomic E-state index is 1.00. The predicted molar refractivity (Wildman–Crippen MR) is 48.6 cm³/mol. The molecule has 0 bridgehead atoms. The van der Waals surface area contributed by atoms with Gasteiger partial charge in [0.05, 0.1) is 0 Å². The van der Waals surface area contributed by atoms with E-state index in [4.69, 9.17) is 5.11 Å². The Labute approximate surface area is 69.5 Å². The van der Waals surface area contributed by atoms with Crippen molar-refractivity contribution >= 4 is 0 Å². The zero-order chi connectivity index (χ0) is 8.69. The van der Waals surface area contributed by atoms with Crippen molar-refractivity contribution in [3.63, 3.8) is 0 Å². The molecular weight excluding hydrogens is 138 g/mol. The number of likely N-dealkylation sites (N-methyl/N-ethyl adjacent to an activating group) is 1. The van der Waals surface area contributed by atoms with Gasteiger partial charge in [0.2, 0.25) is 0 Å². The van der Waals surface area contributed by atoms with Gasteiger partial charge in [-0.2, -0.15) is 0 Å². The molecule has 0 radical (unpaired) electrons. The Bertz CT molecular complexity index is 121. The number of rotatable bonds is 0. The second-order valence-corrected chi connectivity index (χ2v) is 2.92. The second-order valence-electron chi connectivity index (χ2n) is 2.92. The normalized spacial score (nSPS) is 19.5. The molecule has 0 saturated carbocycles. The van der Waals surface area contributed by atoms with Gasteiger partial charge in [-0.25, -0.2) is 0 Å². The maximum absolute atomic E-state index is 7.00. The number of aliphatic hydroxyl groups is 1. The van der Waals surface area contributed by atoms with Crippen LogP contribution in [0.3, 0.4) is 0 Å². The number of aliphatic hydroxyl groups excluding tert-OH is 1. The van der Waals surface area contributed by atoms with E-state index in [0.29, 0.717) is 0 Å². The van der Waals surface area contributed by atoms with E-state index in [1.165, 1.54) is 19.4 Å². The summed E-state index contributed by atoms with van der Waals surface area (Å²) in [6, 6.07) is 0. The highest BCUT2D eigenvalue weighted by molar-refractivity contribution is 5.00.